The molecule has 2 rings (SSSR count). The Bertz CT molecular complexity index is 449. The number of hydrogen-bond acceptors (Lipinski definition) is 4. The number of fused-ring (bicyclic) bond motifs is 1. The lowest BCUT2D eigenvalue weighted by Crippen LogP contribution is -2.07. The summed E-state index contributed by atoms with van der Waals surface area (Å²) in [5.74, 6) is 0.828. The Balaban J connectivity index is 2.54. The second-order valence-electron chi connectivity index (χ2n) is 3.37. The topological polar surface area (TPSA) is 63.3 Å². The summed E-state index contributed by atoms with van der Waals surface area (Å²) in [5.41, 5.74) is 1.51. The Kier molecular flexibility index (Phi) is 2.17. The van der Waals surface area contributed by atoms with Crippen molar-refractivity contribution in [3.8, 4) is 0 Å². The van der Waals surface area contributed by atoms with Crippen LogP contribution in [-0.2, 0) is 6.42 Å². The highest BCUT2D eigenvalue weighted by Gasteiger charge is 2.09. The van der Waals surface area contributed by atoms with E-state index in [-0.39, 0.29) is 0 Å². The van der Waals surface area contributed by atoms with Crippen LogP contribution >= 0.6 is 0 Å². The van der Waals surface area contributed by atoms with E-state index in [4.69, 9.17) is 0 Å². The molecule has 1 unspecified atom stereocenters. The van der Waals surface area contributed by atoms with Gasteiger partial charge in [0.1, 0.15) is 5.82 Å². The fourth-order valence-electron chi connectivity index (χ4n) is 1.42. The number of nitrogens with zero attached hydrogens (tertiary/aromatic N) is 4. The standard InChI is InChI=1S/C9H12N4O/c1-6(14)5-8-9-12-11-7(2)13(9)4-3-10-8/h3-4,6,14H,5H2,1-2H3. The number of hydrogen-bond donors (Lipinski definition) is 1. The highest BCUT2D eigenvalue weighted by Crippen LogP contribution is 2.08. The minimum absolute atomic E-state index is 0.411. The molecule has 2 heterocycles. The molecule has 2 aromatic rings. The second-order valence-corrected chi connectivity index (χ2v) is 3.37. The van der Waals surface area contributed by atoms with Crippen molar-refractivity contribution in [2.75, 3.05) is 0 Å². The fraction of sp³-hybridized carbons (Fsp3) is 0.444. The predicted octanol–water partition coefficient (Wildman–Crippen LogP) is 0.356. The van der Waals surface area contributed by atoms with E-state index in [9.17, 15) is 5.11 Å². The number of aliphatic hydroxyl groups is 1. The average molecular weight is 192 g/mol. The van der Waals surface area contributed by atoms with Gasteiger partial charge in [-0.05, 0) is 13.8 Å². The summed E-state index contributed by atoms with van der Waals surface area (Å²) >= 11 is 0. The lowest BCUT2D eigenvalue weighted by atomic mass is 10.2. The third-order valence-electron chi connectivity index (χ3n) is 2.06. The zero-order valence-electron chi connectivity index (χ0n) is 8.18. The van der Waals surface area contributed by atoms with Crippen LogP contribution in [-0.4, -0.2) is 30.8 Å². The summed E-state index contributed by atoms with van der Waals surface area (Å²) in [7, 11) is 0. The van der Waals surface area contributed by atoms with Crippen molar-refractivity contribution in [3.05, 3.63) is 23.9 Å². The molecule has 0 aliphatic carbocycles. The van der Waals surface area contributed by atoms with E-state index in [1.165, 1.54) is 0 Å². The minimum Gasteiger partial charge on any atom is -0.393 e. The van der Waals surface area contributed by atoms with Gasteiger partial charge in [-0.2, -0.15) is 0 Å². The van der Waals surface area contributed by atoms with Gasteiger partial charge in [-0.3, -0.25) is 9.38 Å². The predicted molar refractivity (Wildman–Crippen MR) is 50.9 cm³/mol. The van der Waals surface area contributed by atoms with Crippen molar-refractivity contribution in [3.63, 3.8) is 0 Å². The maximum Gasteiger partial charge on any atom is 0.182 e. The first kappa shape index (κ1) is 9.08. The van der Waals surface area contributed by atoms with E-state index in [0.29, 0.717) is 6.42 Å². The summed E-state index contributed by atoms with van der Waals surface area (Å²) < 4.78 is 1.87. The number of aryl methyl sites for hydroxylation is 1. The van der Waals surface area contributed by atoms with Crippen molar-refractivity contribution >= 4 is 5.65 Å². The molecule has 2 aromatic heterocycles. The lowest BCUT2D eigenvalue weighted by Gasteiger charge is -2.03. The quantitative estimate of drug-likeness (QED) is 0.746. The molecular formula is C9H12N4O. The van der Waals surface area contributed by atoms with Crippen LogP contribution in [0.4, 0.5) is 0 Å². The monoisotopic (exact) mass is 192 g/mol. The summed E-state index contributed by atoms with van der Waals surface area (Å²) in [5, 5.41) is 17.2. The van der Waals surface area contributed by atoms with Gasteiger partial charge < -0.3 is 5.11 Å². The van der Waals surface area contributed by atoms with E-state index in [2.05, 4.69) is 15.2 Å². The normalized spacial score (nSPS) is 13.4. The molecule has 5 heteroatoms. The van der Waals surface area contributed by atoms with Gasteiger partial charge in [-0.1, -0.05) is 0 Å². The smallest absolute Gasteiger partial charge is 0.182 e. The Labute approximate surface area is 81.4 Å². The molecule has 0 fully saturated rings. The van der Waals surface area contributed by atoms with Crippen LogP contribution in [0.15, 0.2) is 12.4 Å². The molecule has 14 heavy (non-hydrogen) atoms. The van der Waals surface area contributed by atoms with Gasteiger partial charge in [-0.15, -0.1) is 10.2 Å². The Morgan fingerprint density at radius 3 is 3.00 bits per heavy atom. The SMILES string of the molecule is Cc1nnc2c(CC(C)O)nccn12. The number of rotatable bonds is 2. The second kappa shape index (κ2) is 3.34. The minimum atomic E-state index is -0.411. The first-order chi connectivity index (χ1) is 6.68. The van der Waals surface area contributed by atoms with Crippen LogP contribution in [0.2, 0.25) is 0 Å². The van der Waals surface area contributed by atoms with Crippen molar-refractivity contribution in [2.45, 2.75) is 26.4 Å². The van der Waals surface area contributed by atoms with Crippen LogP contribution in [0.5, 0.6) is 0 Å². The van der Waals surface area contributed by atoms with E-state index in [1.807, 2.05) is 17.5 Å². The third kappa shape index (κ3) is 1.46. The van der Waals surface area contributed by atoms with Crippen molar-refractivity contribution < 1.29 is 5.11 Å². The third-order valence-corrected chi connectivity index (χ3v) is 2.06. The zero-order valence-corrected chi connectivity index (χ0v) is 8.18. The summed E-state index contributed by atoms with van der Waals surface area (Å²) in [6.07, 6.45) is 3.60. The summed E-state index contributed by atoms with van der Waals surface area (Å²) in [6.45, 7) is 3.61. The molecule has 0 amide bonds. The molecule has 1 N–H and O–H groups in total. The maximum absolute atomic E-state index is 9.27. The average Bonchev–Trinajstić information content (AvgIpc) is 2.49. The molecule has 0 aliphatic rings. The molecule has 0 bridgehead atoms. The molecule has 0 radical (unpaired) electrons. The van der Waals surface area contributed by atoms with Gasteiger partial charge in [0.05, 0.1) is 11.8 Å². The van der Waals surface area contributed by atoms with E-state index < -0.39 is 6.10 Å². The highest BCUT2D eigenvalue weighted by molar-refractivity contribution is 5.43. The summed E-state index contributed by atoms with van der Waals surface area (Å²) in [4.78, 5) is 4.18. The Morgan fingerprint density at radius 1 is 1.50 bits per heavy atom. The molecule has 0 saturated carbocycles. The van der Waals surface area contributed by atoms with Gasteiger partial charge in [0.2, 0.25) is 0 Å². The summed E-state index contributed by atoms with van der Waals surface area (Å²) in [6, 6.07) is 0. The molecule has 0 spiro atoms. The molecule has 0 saturated heterocycles. The van der Waals surface area contributed by atoms with Crippen molar-refractivity contribution in [1.29, 1.82) is 0 Å². The molecule has 0 aromatic carbocycles. The largest absolute Gasteiger partial charge is 0.393 e. The highest BCUT2D eigenvalue weighted by atomic mass is 16.3. The molecule has 74 valence electrons. The molecule has 0 aliphatic heterocycles. The zero-order chi connectivity index (χ0) is 10.1. The van der Waals surface area contributed by atoms with Gasteiger partial charge in [-0.25, -0.2) is 0 Å². The number of aliphatic hydroxyl groups excluding tert-OH is 1. The van der Waals surface area contributed by atoms with E-state index >= 15 is 0 Å². The first-order valence-corrected chi connectivity index (χ1v) is 4.52. The van der Waals surface area contributed by atoms with Crippen molar-refractivity contribution in [2.24, 2.45) is 0 Å². The van der Waals surface area contributed by atoms with Crippen LogP contribution in [0.1, 0.15) is 18.4 Å². The van der Waals surface area contributed by atoms with Crippen LogP contribution in [0.25, 0.3) is 5.65 Å². The van der Waals surface area contributed by atoms with Crippen molar-refractivity contribution in [1.82, 2.24) is 19.6 Å². The van der Waals surface area contributed by atoms with Crippen LogP contribution in [0, 0.1) is 6.92 Å². The van der Waals surface area contributed by atoms with Gasteiger partial charge in [0, 0.05) is 18.8 Å². The van der Waals surface area contributed by atoms with E-state index in [1.54, 1.807) is 13.1 Å². The molecular weight excluding hydrogens is 180 g/mol. The van der Waals surface area contributed by atoms with Gasteiger partial charge in [0.25, 0.3) is 0 Å². The molecule has 5 nitrogen and oxygen atoms in total. The Hall–Kier alpha value is -1.49. The van der Waals surface area contributed by atoms with Crippen LogP contribution < -0.4 is 0 Å². The van der Waals surface area contributed by atoms with Gasteiger partial charge >= 0.3 is 0 Å². The Morgan fingerprint density at radius 2 is 2.29 bits per heavy atom. The lowest BCUT2D eigenvalue weighted by molar-refractivity contribution is 0.194. The number of aromatic nitrogens is 4. The maximum atomic E-state index is 9.27. The molecule has 1 atom stereocenters. The first-order valence-electron chi connectivity index (χ1n) is 4.52. The van der Waals surface area contributed by atoms with E-state index in [0.717, 1.165) is 17.2 Å². The fourth-order valence-corrected chi connectivity index (χ4v) is 1.42. The van der Waals surface area contributed by atoms with Gasteiger partial charge in [0.15, 0.2) is 5.65 Å². The van der Waals surface area contributed by atoms with Crippen LogP contribution in [0.3, 0.4) is 0 Å².